The number of carbonyl (C=O) groups is 1. The van der Waals surface area contributed by atoms with Crippen LogP contribution in [0.25, 0.3) is 0 Å². The van der Waals surface area contributed by atoms with Crippen molar-refractivity contribution in [2.24, 2.45) is 0 Å². The van der Waals surface area contributed by atoms with Gasteiger partial charge in [-0.1, -0.05) is 41.9 Å². The fourth-order valence-corrected chi connectivity index (χ4v) is 6.07. The summed E-state index contributed by atoms with van der Waals surface area (Å²) in [7, 11) is -1.10. The van der Waals surface area contributed by atoms with Gasteiger partial charge in [-0.05, 0) is 60.2 Å². The van der Waals surface area contributed by atoms with Crippen molar-refractivity contribution in [2.75, 3.05) is 37.4 Å². The molecule has 0 aliphatic heterocycles. The van der Waals surface area contributed by atoms with E-state index in [0.717, 1.165) is 32.8 Å². The number of halogens is 1. The summed E-state index contributed by atoms with van der Waals surface area (Å²) in [6.45, 7) is 0.0399. The number of benzene rings is 3. The first-order valence-corrected chi connectivity index (χ1v) is 14.2. The van der Waals surface area contributed by atoms with E-state index in [1.807, 2.05) is 24.3 Å². The number of sulfonamides is 1. The van der Waals surface area contributed by atoms with Gasteiger partial charge in [0, 0.05) is 17.3 Å². The van der Waals surface area contributed by atoms with Crippen LogP contribution in [0.4, 0.5) is 5.69 Å². The fraction of sp³-hybridized carbons (Fsp3) is 0.269. The lowest BCUT2D eigenvalue weighted by Crippen LogP contribution is -2.41. The number of ether oxygens (including phenoxy) is 2. The van der Waals surface area contributed by atoms with Crippen molar-refractivity contribution >= 4 is 45.0 Å². The van der Waals surface area contributed by atoms with Crippen LogP contribution < -0.4 is 19.1 Å². The summed E-state index contributed by atoms with van der Waals surface area (Å²) in [5.41, 5.74) is 1.35. The van der Waals surface area contributed by atoms with Crippen molar-refractivity contribution in [3.8, 4) is 11.5 Å². The number of nitrogens with one attached hydrogen (secondary N) is 1. The molecule has 0 heterocycles. The van der Waals surface area contributed by atoms with Gasteiger partial charge in [0.25, 0.3) is 10.0 Å². The van der Waals surface area contributed by atoms with Gasteiger partial charge < -0.3 is 14.8 Å². The number of anilines is 1. The van der Waals surface area contributed by atoms with Gasteiger partial charge in [0.05, 0.1) is 24.8 Å². The molecule has 0 radical (unpaired) electrons. The predicted molar refractivity (Wildman–Crippen MR) is 146 cm³/mol. The third kappa shape index (κ3) is 7.32. The second-order valence-corrected chi connectivity index (χ2v) is 11.1. The summed E-state index contributed by atoms with van der Waals surface area (Å²) in [6.07, 6.45) is 0.737. The van der Waals surface area contributed by atoms with Crippen LogP contribution in [0.5, 0.6) is 11.5 Å². The third-order valence-electron chi connectivity index (χ3n) is 5.29. The SMILES string of the molecule is COc1ccc(S(=O)(=O)N(CC(=O)NCCCSCc2ccccc2Cl)c2ccccc2OC)cc1. The molecule has 0 aliphatic rings. The highest BCUT2D eigenvalue weighted by molar-refractivity contribution is 7.98. The number of hydrogen-bond donors (Lipinski definition) is 1. The van der Waals surface area contributed by atoms with Crippen LogP contribution in [-0.4, -0.2) is 47.4 Å². The lowest BCUT2D eigenvalue weighted by molar-refractivity contribution is -0.119. The molecule has 0 fully saturated rings. The van der Waals surface area contributed by atoms with Gasteiger partial charge in [-0.3, -0.25) is 9.10 Å². The molecule has 0 saturated heterocycles. The Labute approximate surface area is 221 Å². The Bertz CT molecular complexity index is 1250. The number of hydrogen-bond acceptors (Lipinski definition) is 6. The van der Waals surface area contributed by atoms with E-state index in [9.17, 15) is 13.2 Å². The molecule has 3 rings (SSSR count). The van der Waals surface area contributed by atoms with Crippen LogP contribution in [0, 0.1) is 0 Å². The lowest BCUT2D eigenvalue weighted by atomic mass is 10.2. The van der Waals surface area contributed by atoms with Crippen molar-refractivity contribution in [1.29, 1.82) is 0 Å². The van der Waals surface area contributed by atoms with E-state index >= 15 is 0 Å². The van der Waals surface area contributed by atoms with E-state index in [1.54, 1.807) is 48.2 Å². The van der Waals surface area contributed by atoms with Crippen LogP contribution >= 0.6 is 23.4 Å². The average Bonchev–Trinajstić information content (AvgIpc) is 2.90. The number of carbonyl (C=O) groups excluding carboxylic acids is 1. The number of nitrogens with zero attached hydrogens (tertiary/aromatic N) is 1. The quantitative estimate of drug-likeness (QED) is 0.303. The van der Waals surface area contributed by atoms with Crippen molar-refractivity contribution in [1.82, 2.24) is 5.32 Å². The Kier molecular flexibility index (Phi) is 10.3. The molecule has 0 bridgehead atoms. The van der Waals surface area contributed by atoms with Crippen molar-refractivity contribution in [3.63, 3.8) is 0 Å². The molecule has 3 aromatic carbocycles. The van der Waals surface area contributed by atoms with Crippen molar-refractivity contribution in [3.05, 3.63) is 83.4 Å². The molecular formula is C26H29ClN2O5S2. The van der Waals surface area contributed by atoms with Gasteiger partial charge in [0.2, 0.25) is 5.91 Å². The van der Waals surface area contributed by atoms with Crippen LogP contribution in [0.1, 0.15) is 12.0 Å². The molecule has 0 atom stereocenters. The first-order valence-electron chi connectivity index (χ1n) is 11.2. The molecule has 0 spiro atoms. The Morgan fingerprint density at radius 1 is 0.972 bits per heavy atom. The molecule has 0 aliphatic carbocycles. The van der Waals surface area contributed by atoms with Gasteiger partial charge in [-0.2, -0.15) is 11.8 Å². The molecule has 7 nitrogen and oxygen atoms in total. The fourth-order valence-electron chi connectivity index (χ4n) is 3.40. The van der Waals surface area contributed by atoms with Crippen LogP contribution in [0.3, 0.4) is 0 Å². The Balaban J connectivity index is 1.65. The smallest absolute Gasteiger partial charge is 0.264 e. The zero-order chi connectivity index (χ0) is 26.0. The Hall–Kier alpha value is -2.88. The largest absolute Gasteiger partial charge is 0.497 e. The molecule has 0 unspecified atom stereocenters. The zero-order valence-corrected chi connectivity index (χ0v) is 22.5. The monoisotopic (exact) mass is 548 g/mol. The molecule has 10 heteroatoms. The van der Waals surface area contributed by atoms with Crippen LogP contribution in [-0.2, 0) is 20.6 Å². The maximum atomic E-state index is 13.5. The summed E-state index contributed by atoms with van der Waals surface area (Å²) >= 11 is 7.91. The van der Waals surface area contributed by atoms with E-state index in [-0.39, 0.29) is 17.1 Å². The summed E-state index contributed by atoms with van der Waals surface area (Å²) in [6, 6.07) is 20.4. The van der Waals surface area contributed by atoms with Crippen molar-refractivity contribution < 1.29 is 22.7 Å². The highest BCUT2D eigenvalue weighted by Gasteiger charge is 2.29. The summed E-state index contributed by atoms with van der Waals surface area (Å²) < 4.78 is 38.7. The molecule has 3 aromatic rings. The number of rotatable bonds is 13. The maximum Gasteiger partial charge on any atom is 0.264 e. The van der Waals surface area contributed by atoms with Gasteiger partial charge in [-0.25, -0.2) is 8.42 Å². The molecule has 1 amide bonds. The second kappa shape index (κ2) is 13.4. The minimum absolute atomic E-state index is 0.0398. The molecule has 192 valence electrons. The first-order chi connectivity index (χ1) is 17.4. The van der Waals surface area contributed by atoms with Gasteiger partial charge in [0.15, 0.2) is 0 Å². The molecular weight excluding hydrogens is 520 g/mol. The standard InChI is InChI=1S/C26H29ClN2O5S2/c1-33-21-12-14-22(15-13-21)36(31,32)29(24-10-5-6-11-25(24)34-2)18-26(30)28-16-7-17-35-19-20-8-3-4-9-23(20)27/h3-6,8-15H,7,16-19H2,1-2H3,(H,28,30). The van der Waals surface area contributed by atoms with E-state index in [2.05, 4.69) is 5.32 Å². The third-order valence-corrected chi connectivity index (χ3v) is 8.53. The average molecular weight is 549 g/mol. The van der Waals surface area contributed by atoms with E-state index in [0.29, 0.717) is 18.0 Å². The number of thioether (sulfide) groups is 1. The first kappa shape index (κ1) is 27.7. The normalized spacial score (nSPS) is 11.1. The number of amides is 1. The Morgan fingerprint density at radius 3 is 2.36 bits per heavy atom. The van der Waals surface area contributed by atoms with Gasteiger partial charge >= 0.3 is 0 Å². The topological polar surface area (TPSA) is 84.9 Å². The lowest BCUT2D eigenvalue weighted by Gasteiger charge is -2.25. The second-order valence-electron chi connectivity index (χ2n) is 7.71. The van der Waals surface area contributed by atoms with Crippen LogP contribution in [0.2, 0.25) is 5.02 Å². The minimum atomic E-state index is -4.06. The summed E-state index contributed by atoms with van der Waals surface area (Å²) in [5, 5.41) is 3.57. The number of methoxy groups -OCH3 is 2. The van der Waals surface area contributed by atoms with Crippen LogP contribution in [0.15, 0.2) is 77.7 Å². The maximum absolute atomic E-state index is 13.5. The number of para-hydroxylation sites is 2. The van der Waals surface area contributed by atoms with Crippen molar-refractivity contribution in [2.45, 2.75) is 17.1 Å². The highest BCUT2D eigenvalue weighted by atomic mass is 35.5. The minimum Gasteiger partial charge on any atom is -0.497 e. The highest BCUT2D eigenvalue weighted by Crippen LogP contribution is 2.32. The van der Waals surface area contributed by atoms with E-state index in [1.165, 1.54) is 26.4 Å². The molecule has 36 heavy (non-hydrogen) atoms. The van der Waals surface area contributed by atoms with Gasteiger partial charge in [-0.15, -0.1) is 0 Å². The molecule has 0 aromatic heterocycles. The molecule has 1 N–H and O–H groups in total. The van der Waals surface area contributed by atoms with E-state index in [4.69, 9.17) is 21.1 Å². The molecule has 0 saturated carbocycles. The predicted octanol–water partition coefficient (Wildman–Crippen LogP) is 4.99. The Morgan fingerprint density at radius 2 is 1.67 bits per heavy atom. The van der Waals surface area contributed by atoms with E-state index < -0.39 is 15.9 Å². The zero-order valence-electron chi connectivity index (χ0n) is 20.1. The summed E-state index contributed by atoms with van der Waals surface area (Å²) in [5.74, 6) is 2.08. The van der Waals surface area contributed by atoms with Gasteiger partial charge in [0.1, 0.15) is 18.0 Å². The summed E-state index contributed by atoms with van der Waals surface area (Å²) in [4.78, 5) is 12.8.